The molecule has 0 fully saturated rings. The number of methoxy groups -OCH3 is 1. The number of nitrogens with one attached hydrogen (secondary N) is 3. The van der Waals surface area contributed by atoms with Gasteiger partial charge in [0.05, 0.1) is 18.0 Å². The van der Waals surface area contributed by atoms with E-state index in [-0.39, 0.29) is 29.8 Å². The number of hydrogen-bond acceptors (Lipinski definition) is 5. The number of carbonyl (C=O) groups excluding carboxylic acids is 1. The van der Waals surface area contributed by atoms with Crippen LogP contribution in [-0.4, -0.2) is 48.2 Å². The third kappa shape index (κ3) is 6.29. The molecule has 0 saturated carbocycles. The first-order valence-electron chi connectivity index (χ1n) is 6.44. The molecule has 0 heterocycles. The molecule has 126 valence electrons. The molecule has 0 aliphatic heterocycles. The van der Waals surface area contributed by atoms with E-state index in [0.717, 1.165) is 0 Å². The minimum absolute atomic E-state index is 0. The van der Waals surface area contributed by atoms with E-state index in [0.29, 0.717) is 24.4 Å². The van der Waals surface area contributed by atoms with Crippen LogP contribution in [0.2, 0.25) is 0 Å². The van der Waals surface area contributed by atoms with Gasteiger partial charge in [-0.1, -0.05) is 6.07 Å². The Morgan fingerprint density at radius 1 is 1.32 bits per heavy atom. The number of benzene rings is 1. The van der Waals surface area contributed by atoms with E-state index in [9.17, 15) is 13.2 Å². The molecule has 1 rings (SSSR count). The summed E-state index contributed by atoms with van der Waals surface area (Å²) in [5.41, 5.74) is 1.05. The Kier molecular flexibility index (Phi) is 9.22. The minimum Gasteiger partial charge on any atom is -0.383 e. The lowest BCUT2D eigenvalue weighted by Gasteiger charge is -2.10. The molecule has 0 radical (unpaired) electrons. The first-order chi connectivity index (χ1) is 9.90. The van der Waals surface area contributed by atoms with Gasteiger partial charge in [0, 0.05) is 19.3 Å². The lowest BCUT2D eigenvalue weighted by Crippen LogP contribution is -2.30. The Labute approximate surface area is 137 Å². The maximum atomic E-state index is 11.9. The third-order valence-electron chi connectivity index (χ3n) is 2.80. The van der Waals surface area contributed by atoms with Gasteiger partial charge in [-0.25, -0.2) is 13.1 Å². The molecule has 0 spiro atoms. The zero-order valence-electron chi connectivity index (χ0n) is 12.8. The Bertz CT molecular complexity index is 593. The number of aryl methyl sites for hydroxylation is 1. The summed E-state index contributed by atoms with van der Waals surface area (Å²) in [6.07, 6.45) is 0. The molecule has 22 heavy (non-hydrogen) atoms. The van der Waals surface area contributed by atoms with E-state index in [1.54, 1.807) is 26.2 Å². The van der Waals surface area contributed by atoms with Crippen LogP contribution in [0, 0.1) is 6.92 Å². The molecule has 3 N–H and O–H groups in total. The van der Waals surface area contributed by atoms with Crippen LogP contribution >= 0.6 is 12.4 Å². The molecule has 1 amide bonds. The molecule has 0 saturated heterocycles. The number of anilines is 1. The van der Waals surface area contributed by atoms with Crippen LogP contribution in [0.25, 0.3) is 0 Å². The standard InChI is InChI=1S/C13H21N3O4S.ClH/c1-10-4-5-11(8-12(10)21(18,19)14-2)16-13(17)9-15-6-7-20-3;/h4-5,8,14-15H,6-7,9H2,1-3H3,(H,16,17);1H. The monoisotopic (exact) mass is 351 g/mol. The first-order valence-corrected chi connectivity index (χ1v) is 7.92. The van der Waals surface area contributed by atoms with Crippen LogP contribution in [0.5, 0.6) is 0 Å². The second-order valence-electron chi connectivity index (χ2n) is 4.41. The predicted octanol–water partition coefficient (Wildman–Crippen LogP) is 0.499. The highest BCUT2D eigenvalue weighted by molar-refractivity contribution is 7.89. The van der Waals surface area contributed by atoms with E-state index in [1.165, 1.54) is 13.1 Å². The lowest BCUT2D eigenvalue weighted by atomic mass is 10.2. The minimum atomic E-state index is -3.54. The van der Waals surface area contributed by atoms with Gasteiger partial charge in [-0.3, -0.25) is 4.79 Å². The summed E-state index contributed by atoms with van der Waals surface area (Å²) in [6.45, 7) is 2.91. The fourth-order valence-electron chi connectivity index (χ4n) is 1.66. The van der Waals surface area contributed by atoms with Crippen molar-refractivity contribution in [2.45, 2.75) is 11.8 Å². The quantitative estimate of drug-likeness (QED) is 0.593. The zero-order chi connectivity index (χ0) is 15.9. The summed E-state index contributed by atoms with van der Waals surface area (Å²) in [6, 6.07) is 4.75. The van der Waals surface area contributed by atoms with Gasteiger partial charge < -0.3 is 15.4 Å². The Balaban J connectivity index is 0.00000441. The summed E-state index contributed by atoms with van der Waals surface area (Å²) < 4.78 is 30.8. The maximum absolute atomic E-state index is 11.9. The van der Waals surface area contributed by atoms with Crippen molar-refractivity contribution in [2.75, 3.05) is 39.2 Å². The molecule has 0 unspecified atom stereocenters. The molecule has 0 aliphatic rings. The molecule has 7 nitrogen and oxygen atoms in total. The lowest BCUT2D eigenvalue weighted by molar-refractivity contribution is -0.115. The summed E-state index contributed by atoms with van der Waals surface area (Å²) in [5.74, 6) is -0.247. The van der Waals surface area contributed by atoms with E-state index in [2.05, 4.69) is 15.4 Å². The fourth-order valence-corrected chi connectivity index (χ4v) is 2.65. The first kappa shape index (κ1) is 20.8. The second-order valence-corrected chi connectivity index (χ2v) is 6.26. The van der Waals surface area contributed by atoms with Crippen molar-refractivity contribution in [3.8, 4) is 0 Å². The normalized spacial score (nSPS) is 10.9. The van der Waals surface area contributed by atoms with Gasteiger partial charge in [0.2, 0.25) is 15.9 Å². The summed E-state index contributed by atoms with van der Waals surface area (Å²) in [5, 5.41) is 5.55. The predicted molar refractivity (Wildman–Crippen MR) is 88.0 cm³/mol. The van der Waals surface area contributed by atoms with E-state index >= 15 is 0 Å². The number of halogens is 1. The number of sulfonamides is 1. The molecule has 1 aromatic rings. The van der Waals surface area contributed by atoms with E-state index in [4.69, 9.17) is 4.74 Å². The van der Waals surface area contributed by atoms with E-state index in [1.807, 2.05) is 0 Å². The molecule has 0 aliphatic carbocycles. The molecular formula is C13H22ClN3O4S. The van der Waals surface area contributed by atoms with E-state index < -0.39 is 10.0 Å². The number of rotatable bonds is 8. The zero-order valence-corrected chi connectivity index (χ0v) is 14.4. The Morgan fingerprint density at radius 3 is 2.59 bits per heavy atom. The molecule has 9 heteroatoms. The number of amides is 1. The largest absolute Gasteiger partial charge is 0.383 e. The third-order valence-corrected chi connectivity index (χ3v) is 4.35. The van der Waals surface area contributed by atoms with Crippen molar-refractivity contribution in [1.29, 1.82) is 0 Å². The maximum Gasteiger partial charge on any atom is 0.240 e. The molecular weight excluding hydrogens is 330 g/mol. The van der Waals surface area contributed by atoms with Crippen molar-refractivity contribution in [3.63, 3.8) is 0 Å². The van der Waals surface area contributed by atoms with Gasteiger partial charge >= 0.3 is 0 Å². The van der Waals surface area contributed by atoms with Crippen LogP contribution in [0.4, 0.5) is 5.69 Å². The summed E-state index contributed by atoms with van der Waals surface area (Å²) >= 11 is 0. The van der Waals surface area contributed by atoms with Crippen molar-refractivity contribution in [2.24, 2.45) is 0 Å². The summed E-state index contributed by atoms with van der Waals surface area (Å²) in [4.78, 5) is 11.9. The average Bonchev–Trinajstić information content (AvgIpc) is 2.45. The molecule has 1 aromatic carbocycles. The van der Waals surface area contributed by atoms with Gasteiger partial charge in [0.15, 0.2) is 0 Å². The SMILES string of the molecule is CNS(=O)(=O)c1cc(NC(=O)CNCCOC)ccc1C.Cl. The van der Waals surface area contributed by atoms with Crippen molar-refractivity contribution < 1.29 is 17.9 Å². The van der Waals surface area contributed by atoms with Crippen molar-refractivity contribution in [3.05, 3.63) is 23.8 Å². The number of ether oxygens (including phenoxy) is 1. The topological polar surface area (TPSA) is 96.5 Å². The highest BCUT2D eigenvalue weighted by atomic mass is 35.5. The highest BCUT2D eigenvalue weighted by Crippen LogP contribution is 2.19. The molecule has 0 aromatic heterocycles. The van der Waals surface area contributed by atoms with Gasteiger partial charge in [0.25, 0.3) is 0 Å². The van der Waals surface area contributed by atoms with Crippen molar-refractivity contribution >= 4 is 34.0 Å². The van der Waals surface area contributed by atoms with Gasteiger partial charge in [-0.2, -0.15) is 0 Å². The van der Waals surface area contributed by atoms with Gasteiger partial charge in [-0.05, 0) is 31.7 Å². The molecule has 0 bridgehead atoms. The smallest absolute Gasteiger partial charge is 0.240 e. The van der Waals surface area contributed by atoms with Crippen molar-refractivity contribution in [1.82, 2.24) is 10.0 Å². The second kappa shape index (κ2) is 9.75. The Hall–Kier alpha value is -1.19. The van der Waals surface area contributed by atoms with Crippen LogP contribution in [-0.2, 0) is 19.6 Å². The number of carbonyl (C=O) groups is 1. The van der Waals surface area contributed by atoms with Crippen LogP contribution in [0.15, 0.2) is 23.1 Å². The van der Waals surface area contributed by atoms with Gasteiger partial charge in [0.1, 0.15) is 0 Å². The highest BCUT2D eigenvalue weighted by Gasteiger charge is 2.15. The van der Waals surface area contributed by atoms with Gasteiger partial charge in [-0.15, -0.1) is 12.4 Å². The van der Waals surface area contributed by atoms with Crippen LogP contribution in [0.3, 0.4) is 0 Å². The summed E-state index contributed by atoms with van der Waals surface area (Å²) in [7, 11) is -0.617. The Morgan fingerprint density at radius 2 is 2.00 bits per heavy atom. The van der Waals surface area contributed by atoms with Crippen LogP contribution in [0.1, 0.15) is 5.56 Å². The average molecular weight is 352 g/mol. The fraction of sp³-hybridized carbons (Fsp3) is 0.462. The molecule has 0 atom stereocenters. The number of hydrogen-bond donors (Lipinski definition) is 3. The van der Waals surface area contributed by atoms with Crippen LogP contribution < -0.4 is 15.4 Å².